The summed E-state index contributed by atoms with van der Waals surface area (Å²) in [5.41, 5.74) is -0.263. The minimum absolute atomic E-state index is 0.0292. The molecule has 0 aromatic heterocycles. The summed E-state index contributed by atoms with van der Waals surface area (Å²) < 4.78 is 5.36. The van der Waals surface area contributed by atoms with Crippen LogP contribution in [0.3, 0.4) is 0 Å². The van der Waals surface area contributed by atoms with Gasteiger partial charge in [-0.15, -0.1) is 0 Å². The first-order valence-corrected chi connectivity index (χ1v) is 5.54. The third-order valence-electron chi connectivity index (χ3n) is 3.34. The van der Waals surface area contributed by atoms with Crippen LogP contribution >= 0.6 is 0 Å². The average Bonchev–Trinajstić information content (AvgIpc) is 2.25. The molecule has 2 nitrogen and oxygen atoms in total. The van der Waals surface area contributed by atoms with E-state index in [1.165, 1.54) is 0 Å². The van der Waals surface area contributed by atoms with Gasteiger partial charge in [-0.1, -0.05) is 20.8 Å². The van der Waals surface area contributed by atoms with Crippen LogP contribution in [0.2, 0.25) is 0 Å². The highest BCUT2D eigenvalue weighted by Gasteiger charge is 2.41. The molecule has 82 valence electrons. The number of cyclic esters (lactones) is 1. The van der Waals surface area contributed by atoms with E-state index in [2.05, 4.69) is 20.8 Å². The molecule has 0 N–H and O–H groups in total. The Morgan fingerprint density at radius 2 is 2.00 bits per heavy atom. The van der Waals surface area contributed by atoms with Crippen molar-refractivity contribution < 1.29 is 9.53 Å². The third-order valence-corrected chi connectivity index (χ3v) is 3.34. The maximum absolute atomic E-state index is 11.4. The van der Waals surface area contributed by atoms with Gasteiger partial charge >= 0.3 is 5.97 Å². The molecule has 2 heteroatoms. The Hall–Kier alpha value is -0.530. The minimum Gasteiger partial charge on any atom is -0.462 e. The molecule has 0 amide bonds. The zero-order chi connectivity index (χ0) is 10.9. The lowest BCUT2D eigenvalue weighted by Gasteiger charge is -2.19. The molecule has 0 bridgehead atoms. The van der Waals surface area contributed by atoms with Crippen molar-refractivity contribution >= 4 is 5.97 Å². The average molecular weight is 198 g/mol. The summed E-state index contributed by atoms with van der Waals surface area (Å²) >= 11 is 0. The van der Waals surface area contributed by atoms with Crippen molar-refractivity contribution in [1.82, 2.24) is 0 Å². The van der Waals surface area contributed by atoms with Crippen molar-refractivity contribution in [3.63, 3.8) is 0 Å². The second-order valence-electron chi connectivity index (χ2n) is 5.57. The number of hydrogen-bond donors (Lipinski definition) is 0. The van der Waals surface area contributed by atoms with Crippen LogP contribution < -0.4 is 0 Å². The van der Waals surface area contributed by atoms with Crippen LogP contribution in [0.15, 0.2) is 0 Å². The van der Waals surface area contributed by atoms with Crippen molar-refractivity contribution in [3.8, 4) is 0 Å². The van der Waals surface area contributed by atoms with E-state index in [-0.39, 0.29) is 17.5 Å². The molecule has 14 heavy (non-hydrogen) atoms. The topological polar surface area (TPSA) is 26.3 Å². The van der Waals surface area contributed by atoms with Gasteiger partial charge in [-0.25, -0.2) is 0 Å². The Bertz CT molecular complexity index is 218. The minimum atomic E-state index is -0.263. The summed E-state index contributed by atoms with van der Waals surface area (Å²) in [6.07, 6.45) is 2.03. The Labute approximate surface area is 87.0 Å². The van der Waals surface area contributed by atoms with Gasteiger partial charge in [0.25, 0.3) is 0 Å². The summed E-state index contributed by atoms with van der Waals surface area (Å²) in [6, 6.07) is 0. The molecule has 0 aromatic carbocycles. The summed E-state index contributed by atoms with van der Waals surface area (Å²) in [4.78, 5) is 11.4. The number of hydrogen-bond acceptors (Lipinski definition) is 2. The summed E-state index contributed by atoms with van der Waals surface area (Å²) in [5.74, 6) is 1.26. The van der Waals surface area contributed by atoms with Crippen LogP contribution in [0.5, 0.6) is 0 Å². The SMILES string of the molecule is CC(C)[C@H](C)C[C@H]1CC(C)(C)C(=O)O1. The summed E-state index contributed by atoms with van der Waals surface area (Å²) in [7, 11) is 0. The zero-order valence-corrected chi connectivity index (χ0v) is 9.96. The van der Waals surface area contributed by atoms with E-state index in [0.29, 0.717) is 11.8 Å². The van der Waals surface area contributed by atoms with E-state index in [0.717, 1.165) is 12.8 Å². The van der Waals surface area contributed by atoms with Gasteiger partial charge in [-0.3, -0.25) is 4.79 Å². The van der Waals surface area contributed by atoms with Crippen LogP contribution in [0, 0.1) is 17.3 Å². The molecule has 2 atom stereocenters. The second-order valence-corrected chi connectivity index (χ2v) is 5.57. The fourth-order valence-electron chi connectivity index (χ4n) is 1.82. The fourth-order valence-corrected chi connectivity index (χ4v) is 1.82. The van der Waals surface area contributed by atoms with Crippen molar-refractivity contribution in [2.75, 3.05) is 0 Å². The van der Waals surface area contributed by atoms with Gasteiger partial charge in [0.1, 0.15) is 6.10 Å². The smallest absolute Gasteiger partial charge is 0.311 e. The van der Waals surface area contributed by atoms with Crippen molar-refractivity contribution in [1.29, 1.82) is 0 Å². The number of ether oxygens (including phenoxy) is 1. The van der Waals surface area contributed by atoms with Gasteiger partial charge in [0.05, 0.1) is 5.41 Å². The normalized spacial score (nSPS) is 27.9. The van der Waals surface area contributed by atoms with Crippen molar-refractivity contribution in [3.05, 3.63) is 0 Å². The monoisotopic (exact) mass is 198 g/mol. The molecule has 1 aliphatic heterocycles. The van der Waals surface area contributed by atoms with Crippen molar-refractivity contribution in [2.45, 2.75) is 53.6 Å². The Morgan fingerprint density at radius 1 is 1.43 bits per heavy atom. The summed E-state index contributed by atoms with van der Waals surface area (Å²) in [5, 5.41) is 0. The largest absolute Gasteiger partial charge is 0.462 e. The van der Waals surface area contributed by atoms with Gasteiger partial charge in [0.2, 0.25) is 0 Å². The predicted molar refractivity (Wildman–Crippen MR) is 56.9 cm³/mol. The molecule has 1 aliphatic rings. The molecule has 0 unspecified atom stereocenters. The number of carbonyl (C=O) groups excluding carboxylic acids is 1. The first-order chi connectivity index (χ1) is 6.33. The molecule has 0 aliphatic carbocycles. The van der Waals surface area contributed by atoms with Crippen molar-refractivity contribution in [2.24, 2.45) is 17.3 Å². The molecular formula is C12H22O2. The maximum atomic E-state index is 11.4. The van der Waals surface area contributed by atoms with Gasteiger partial charge in [-0.2, -0.15) is 0 Å². The number of esters is 1. The third kappa shape index (κ3) is 2.49. The molecule has 0 spiro atoms. The quantitative estimate of drug-likeness (QED) is 0.652. The second kappa shape index (κ2) is 3.92. The Balaban J connectivity index is 2.47. The highest BCUT2D eigenvalue weighted by Crippen LogP contribution is 2.36. The Kier molecular flexibility index (Phi) is 3.23. The molecule has 0 radical (unpaired) electrons. The van der Waals surface area contributed by atoms with Crippen LogP contribution in [0.1, 0.15) is 47.5 Å². The van der Waals surface area contributed by atoms with E-state index in [4.69, 9.17) is 4.74 Å². The summed E-state index contributed by atoms with van der Waals surface area (Å²) in [6.45, 7) is 10.6. The highest BCUT2D eigenvalue weighted by molar-refractivity contribution is 5.78. The van der Waals surface area contributed by atoms with Crippen LogP contribution in [-0.2, 0) is 9.53 Å². The predicted octanol–water partition coefficient (Wildman–Crippen LogP) is 3.01. The maximum Gasteiger partial charge on any atom is 0.311 e. The van der Waals surface area contributed by atoms with E-state index >= 15 is 0 Å². The molecule has 1 heterocycles. The van der Waals surface area contributed by atoms with E-state index < -0.39 is 0 Å². The van der Waals surface area contributed by atoms with Gasteiger partial charge in [0.15, 0.2) is 0 Å². The van der Waals surface area contributed by atoms with Crippen LogP contribution in [0.4, 0.5) is 0 Å². The molecule has 1 rings (SSSR count). The van der Waals surface area contributed by atoms with Gasteiger partial charge < -0.3 is 4.74 Å². The molecule has 1 saturated heterocycles. The molecule has 0 saturated carbocycles. The lowest BCUT2D eigenvalue weighted by atomic mass is 9.85. The molecule has 1 fully saturated rings. The zero-order valence-electron chi connectivity index (χ0n) is 9.96. The molecular weight excluding hydrogens is 176 g/mol. The standard InChI is InChI=1S/C12H22O2/c1-8(2)9(3)6-10-7-12(4,5)11(13)14-10/h8-10H,6-7H2,1-5H3/t9-,10+/m1/s1. The van der Waals surface area contributed by atoms with Crippen LogP contribution in [0.25, 0.3) is 0 Å². The fraction of sp³-hybridized carbons (Fsp3) is 0.917. The van der Waals surface area contributed by atoms with E-state index in [9.17, 15) is 4.79 Å². The lowest BCUT2D eigenvalue weighted by molar-refractivity contribution is -0.148. The van der Waals surface area contributed by atoms with E-state index in [1.807, 2.05) is 13.8 Å². The number of carbonyl (C=O) groups is 1. The Morgan fingerprint density at radius 3 is 2.36 bits per heavy atom. The first kappa shape index (κ1) is 11.5. The van der Waals surface area contributed by atoms with Gasteiger partial charge in [0, 0.05) is 0 Å². The van der Waals surface area contributed by atoms with Crippen LogP contribution in [-0.4, -0.2) is 12.1 Å². The highest BCUT2D eigenvalue weighted by atomic mass is 16.6. The van der Waals surface area contributed by atoms with E-state index in [1.54, 1.807) is 0 Å². The number of rotatable bonds is 3. The molecule has 0 aromatic rings. The van der Waals surface area contributed by atoms with Gasteiger partial charge in [-0.05, 0) is 38.5 Å². The first-order valence-electron chi connectivity index (χ1n) is 5.54. The lowest BCUT2D eigenvalue weighted by Crippen LogP contribution is -2.16.